The molecule has 0 aliphatic carbocycles. The lowest BCUT2D eigenvalue weighted by molar-refractivity contribution is -0.135. The first-order valence-corrected chi connectivity index (χ1v) is 1.74. The highest BCUT2D eigenvalue weighted by atomic mass is 16.5. The van der Waals surface area contributed by atoms with E-state index in [-0.39, 0.29) is 5.97 Å². The van der Waals surface area contributed by atoms with Crippen LogP contribution in [-0.4, -0.2) is 5.97 Å². The maximum atomic E-state index is 9.96. The molecule has 0 saturated carbocycles. The zero-order valence-corrected chi connectivity index (χ0v) is 3.18. The van der Waals surface area contributed by atoms with Crippen molar-refractivity contribution in [3.8, 4) is 0 Å². The maximum Gasteiger partial charge on any atom is 0.314 e. The summed E-state index contributed by atoms with van der Waals surface area (Å²) in [7, 11) is 0. The van der Waals surface area contributed by atoms with Gasteiger partial charge in [0.1, 0.15) is 0 Å². The molecule has 0 radical (unpaired) electrons. The Bertz CT molecular complexity index is 83.7. The molecule has 2 heteroatoms. The quantitative estimate of drug-likeness (QED) is 0.398. The fourth-order valence-electron chi connectivity index (χ4n) is 0.316. The molecule has 1 aliphatic heterocycles. The van der Waals surface area contributed by atoms with E-state index in [4.69, 9.17) is 0 Å². The molecule has 0 fully saturated rings. The van der Waals surface area contributed by atoms with Gasteiger partial charge in [-0.15, -0.1) is 0 Å². The lowest BCUT2D eigenvalue weighted by Crippen LogP contribution is -1.87. The van der Waals surface area contributed by atoms with Crippen LogP contribution < -0.4 is 0 Å². The summed E-state index contributed by atoms with van der Waals surface area (Å²) in [6.07, 6.45) is 3.53. The van der Waals surface area contributed by atoms with Gasteiger partial charge in [0.05, 0.1) is 12.7 Å². The van der Waals surface area contributed by atoms with Crippen LogP contribution in [0.1, 0.15) is 6.42 Å². The number of rotatable bonds is 0. The van der Waals surface area contributed by atoms with Crippen LogP contribution in [0.5, 0.6) is 0 Å². The number of esters is 1. The summed E-state index contributed by atoms with van der Waals surface area (Å²) in [6, 6.07) is 0. The summed E-state index contributed by atoms with van der Waals surface area (Å²) in [5, 5.41) is 0. The van der Waals surface area contributed by atoms with E-state index >= 15 is 0 Å². The second-order valence-electron chi connectivity index (χ2n) is 1.07. The van der Waals surface area contributed by atoms with Crippen molar-refractivity contribution >= 4 is 5.97 Å². The van der Waals surface area contributed by atoms with Gasteiger partial charge in [0, 0.05) is 0 Å². The Kier molecular flexibility index (Phi) is 0.638. The first-order chi connectivity index (χ1) is 2.89. The minimum atomic E-state index is -0.157. The Balaban J connectivity index is 2.52. The molecule has 0 bridgehead atoms. The summed E-state index contributed by atoms with van der Waals surface area (Å²) < 4.78 is 4.33. The molecule has 1 heterocycles. The SMILES string of the molecule is O=C1CC=CO1. The van der Waals surface area contributed by atoms with Gasteiger partial charge in [0.15, 0.2) is 0 Å². The zero-order valence-electron chi connectivity index (χ0n) is 3.18. The first-order valence-electron chi connectivity index (χ1n) is 1.74. The molecule has 0 spiro atoms. The number of carbonyl (C=O) groups excluding carboxylic acids is 1. The fraction of sp³-hybridized carbons (Fsp3) is 0.250. The third-order valence-electron chi connectivity index (χ3n) is 0.580. The molecule has 0 unspecified atom stereocenters. The second-order valence-corrected chi connectivity index (χ2v) is 1.07. The molecule has 0 aromatic carbocycles. The van der Waals surface area contributed by atoms with Gasteiger partial charge in [-0.25, -0.2) is 0 Å². The van der Waals surface area contributed by atoms with Crippen LogP contribution in [0.4, 0.5) is 0 Å². The molecule has 2 nitrogen and oxygen atoms in total. The van der Waals surface area contributed by atoms with Crippen molar-refractivity contribution in [1.29, 1.82) is 0 Å². The Morgan fingerprint density at radius 2 is 2.67 bits per heavy atom. The van der Waals surface area contributed by atoms with Gasteiger partial charge in [-0.1, -0.05) is 0 Å². The summed E-state index contributed by atoms with van der Waals surface area (Å²) in [5.74, 6) is -0.157. The number of ether oxygens (including phenoxy) is 1. The van der Waals surface area contributed by atoms with Gasteiger partial charge >= 0.3 is 5.97 Å². The minimum absolute atomic E-state index is 0.157. The zero-order chi connectivity index (χ0) is 4.41. The normalized spacial score (nSPS) is 18.3. The molecule has 6 heavy (non-hydrogen) atoms. The fourth-order valence-corrected chi connectivity index (χ4v) is 0.316. The maximum absolute atomic E-state index is 9.96. The van der Waals surface area contributed by atoms with Crippen molar-refractivity contribution in [1.82, 2.24) is 0 Å². The summed E-state index contributed by atoms with van der Waals surface area (Å²) in [4.78, 5) is 9.96. The van der Waals surface area contributed by atoms with E-state index in [9.17, 15) is 4.79 Å². The number of hydrogen-bond acceptors (Lipinski definition) is 2. The van der Waals surface area contributed by atoms with Crippen molar-refractivity contribution in [2.45, 2.75) is 6.42 Å². The third-order valence-corrected chi connectivity index (χ3v) is 0.580. The van der Waals surface area contributed by atoms with Gasteiger partial charge in [0.25, 0.3) is 0 Å². The number of cyclic esters (lactones) is 1. The Hall–Kier alpha value is -0.790. The van der Waals surface area contributed by atoms with E-state index in [1.807, 2.05) is 0 Å². The van der Waals surface area contributed by atoms with Crippen molar-refractivity contribution in [3.63, 3.8) is 0 Å². The van der Waals surface area contributed by atoms with Crippen molar-refractivity contribution in [2.75, 3.05) is 0 Å². The first kappa shape index (κ1) is 3.40. The predicted octanol–water partition coefficient (Wildman–Crippen LogP) is 0.447. The Morgan fingerprint density at radius 3 is 2.83 bits per heavy atom. The van der Waals surface area contributed by atoms with Gasteiger partial charge in [-0.2, -0.15) is 0 Å². The van der Waals surface area contributed by atoms with E-state index in [0.717, 1.165) is 0 Å². The largest absolute Gasteiger partial charge is 0.435 e. The van der Waals surface area contributed by atoms with E-state index in [1.54, 1.807) is 6.08 Å². The molecule has 0 aromatic heterocycles. The molecule has 0 amide bonds. The van der Waals surface area contributed by atoms with Crippen LogP contribution in [0, 0.1) is 0 Å². The summed E-state index contributed by atoms with van der Waals surface area (Å²) in [5.41, 5.74) is 0. The molecular formula is C4H4O2. The van der Waals surface area contributed by atoms with Crippen LogP contribution in [0.2, 0.25) is 0 Å². The molecule has 0 saturated heterocycles. The monoisotopic (exact) mass is 84.0 g/mol. The molecule has 32 valence electrons. The molecule has 0 N–H and O–H groups in total. The van der Waals surface area contributed by atoms with Crippen LogP contribution >= 0.6 is 0 Å². The average molecular weight is 84.1 g/mol. The highest BCUT2D eigenvalue weighted by Crippen LogP contribution is 1.96. The van der Waals surface area contributed by atoms with Crippen LogP contribution in [-0.2, 0) is 9.53 Å². The topological polar surface area (TPSA) is 26.3 Å². The van der Waals surface area contributed by atoms with E-state index < -0.39 is 0 Å². The summed E-state index contributed by atoms with van der Waals surface area (Å²) >= 11 is 0. The molecule has 1 aliphatic rings. The lowest BCUT2D eigenvalue weighted by atomic mass is 10.5. The average Bonchev–Trinajstić information content (AvgIpc) is 1.86. The smallest absolute Gasteiger partial charge is 0.314 e. The second kappa shape index (κ2) is 1.12. The van der Waals surface area contributed by atoms with Gasteiger partial charge < -0.3 is 4.74 Å². The molecule has 0 aromatic rings. The highest BCUT2D eigenvalue weighted by molar-refractivity contribution is 5.73. The Morgan fingerprint density at radius 1 is 1.83 bits per heavy atom. The van der Waals surface area contributed by atoms with Crippen LogP contribution in [0.3, 0.4) is 0 Å². The van der Waals surface area contributed by atoms with Gasteiger partial charge in [-0.3, -0.25) is 4.79 Å². The predicted molar refractivity (Wildman–Crippen MR) is 19.8 cm³/mol. The van der Waals surface area contributed by atoms with Gasteiger partial charge in [-0.05, 0) is 6.08 Å². The van der Waals surface area contributed by atoms with Crippen LogP contribution in [0.15, 0.2) is 12.3 Å². The van der Waals surface area contributed by atoms with Gasteiger partial charge in [0.2, 0.25) is 0 Å². The molecule has 1 rings (SSSR count). The minimum Gasteiger partial charge on any atom is -0.435 e. The lowest BCUT2D eigenvalue weighted by Gasteiger charge is -1.78. The molecule has 0 atom stereocenters. The van der Waals surface area contributed by atoms with E-state index in [1.165, 1.54) is 6.26 Å². The number of hydrogen-bond donors (Lipinski definition) is 0. The third kappa shape index (κ3) is 0.407. The van der Waals surface area contributed by atoms with Crippen molar-refractivity contribution in [2.24, 2.45) is 0 Å². The number of carbonyl (C=O) groups is 1. The Labute approximate surface area is 35.4 Å². The van der Waals surface area contributed by atoms with Crippen LogP contribution in [0.25, 0.3) is 0 Å². The van der Waals surface area contributed by atoms with E-state index in [0.29, 0.717) is 6.42 Å². The van der Waals surface area contributed by atoms with Crippen molar-refractivity contribution < 1.29 is 9.53 Å². The summed E-state index contributed by atoms with van der Waals surface area (Å²) in [6.45, 7) is 0. The van der Waals surface area contributed by atoms with E-state index in [2.05, 4.69) is 4.74 Å². The molecular weight excluding hydrogens is 80.0 g/mol. The van der Waals surface area contributed by atoms with Crippen molar-refractivity contribution in [3.05, 3.63) is 12.3 Å². The highest BCUT2D eigenvalue weighted by Gasteiger charge is 2.00. The standard InChI is InChI=1S/C4H4O2/c5-4-2-1-3-6-4/h1,3H,2H2.